The number of rotatable bonds is 5. The number of hydrogen-bond acceptors (Lipinski definition) is 5. The maximum absolute atomic E-state index is 13.6. The van der Waals surface area contributed by atoms with Crippen molar-refractivity contribution in [1.82, 2.24) is 9.97 Å². The second-order valence-corrected chi connectivity index (χ2v) is 6.44. The monoisotopic (exact) mass is 363 g/mol. The van der Waals surface area contributed by atoms with E-state index in [9.17, 15) is 17.2 Å². The van der Waals surface area contributed by atoms with Crippen LogP contribution in [0.1, 0.15) is 0 Å². The quantitative estimate of drug-likeness (QED) is 0.752. The van der Waals surface area contributed by atoms with Gasteiger partial charge in [0.15, 0.2) is 4.90 Å². The number of halogens is 2. The van der Waals surface area contributed by atoms with Gasteiger partial charge in [0, 0.05) is 0 Å². The van der Waals surface area contributed by atoms with Crippen LogP contribution in [-0.2, 0) is 10.0 Å². The molecule has 1 aromatic heterocycles. The standard InChI is InChI=1S/C16H11F2N3O3S/c17-13-7-4-8-14(18)15(13)25(22,23)21-11-9-19-16(20-10-11)24-12-5-2-1-3-6-12/h1-10,21H. The van der Waals surface area contributed by atoms with E-state index in [-0.39, 0.29) is 11.7 Å². The Kier molecular flexibility index (Phi) is 4.57. The van der Waals surface area contributed by atoms with Crippen molar-refractivity contribution in [2.45, 2.75) is 4.90 Å². The lowest BCUT2D eigenvalue weighted by atomic mass is 10.3. The molecule has 3 rings (SSSR count). The van der Waals surface area contributed by atoms with Crippen molar-refractivity contribution >= 4 is 15.7 Å². The SMILES string of the molecule is O=S(=O)(Nc1cnc(Oc2ccccc2)nc1)c1c(F)cccc1F. The number of nitrogens with one attached hydrogen (secondary N) is 1. The third-order valence-electron chi connectivity index (χ3n) is 3.02. The number of benzene rings is 2. The van der Waals surface area contributed by atoms with Gasteiger partial charge in [0.25, 0.3) is 10.0 Å². The predicted octanol–water partition coefficient (Wildman–Crippen LogP) is 3.35. The molecule has 0 saturated carbocycles. The van der Waals surface area contributed by atoms with E-state index < -0.39 is 26.6 Å². The lowest BCUT2D eigenvalue weighted by molar-refractivity contribution is 0.442. The second kappa shape index (κ2) is 6.81. The molecule has 0 aliphatic rings. The summed E-state index contributed by atoms with van der Waals surface area (Å²) in [5.74, 6) is -1.89. The van der Waals surface area contributed by atoms with Crippen LogP contribution in [0.15, 0.2) is 65.8 Å². The minimum atomic E-state index is -4.47. The van der Waals surface area contributed by atoms with Crippen molar-refractivity contribution in [2.24, 2.45) is 0 Å². The Bertz CT molecular complexity index is 961. The molecule has 6 nitrogen and oxygen atoms in total. The Morgan fingerprint density at radius 3 is 2.08 bits per heavy atom. The molecule has 0 bridgehead atoms. The van der Waals surface area contributed by atoms with Crippen molar-refractivity contribution in [1.29, 1.82) is 0 Å². The molecule has 25 heavy (non-hydrogen) atoms. The summed E-state index contributed by atoms with van der Waals surface area (Å²) in [6, 6.07) is 11.5. The van der Waals surface area contributed by atoms with E-state index in [0.29, 0.717) is 5.75 Å². The van der Waals surface area contributed by atoms with E-state index in [1.165, 1.54) is 0 Å². The molecule has 0 aliphatic carbocycles. The van der Waals surface area contributed by atoms with Gasteiger partial charge in [-0.25, -0.2) is 27.2 Å². The van der Waals surface area contributed by atoms with Crippen LogP contribution in [0.5, 0.6) is 11.8 Å². The van der Waals surface area contributed by atoms with Crippen LogP contribution in [0.3, 0.4) is 0 Å². The zero-order valence-corrected chi connectivity index (χ0v) is 13.4. The summed E-state index contributed by atoms with van der Waals surface area (Å²) >= 11 is 0. The summed E-state index contributed by atoms with van der Waals surface area (Å²) in [7, 11) is -4.47. The molecule has 128 valence electrons. The highest BCUT2D eigenvalue weighted by atomic mass is 32.2. The van der Waals surface area contributed by atoms with Crippen molar-refractivity contribution in [3.63, 3.8) is 0 Å². The Morgan fingerprint density at radius 2 is 1.48 bits per heavy atom. The lowest BCUT2D eigenvalue weighted by Crippen LogP contribution is -2.16. The van der Waals surface area contributed by atoms with Gasteiger partial charge in [-0.15, -0.1) is 0 Å². The van der Waals surface area contributed by atoms with E-state index in [2.05, 4.69) is 9.97 Å². The van der Waals surface area contributed by atoms with E-state index in [0.717, 1.165) is 30.6 Å². The minimum Gasteiger partial charge on any atom is -0.424 e. The van der Waals surface area contributed by atoms with E-state index in [1.807, 2.05) is 10.8 Å². The molecule has 2 aromatic carbocycles. The predicted molar refractivity (Wildman–Crippen MR) is 85.7 cm³/mol. The summed E-state index contributed by atoms with van der Waals surface area (Å²) in [5.41, 5.74) is -0.0666. The van der Waals surface area contributed by atoms with Crippen LogP contribution in [0, 0.1) is 11.6 Å². The highest BCUT2D eigenvalue weighted by molar-refractivity contribution is 7.92. The molecule has 1 N–H and O–H groups in total. The molecule has 0 amide bonds. The van der Waals surface area contributed by atoms with Gasteiger partial charge in [0.2, 0.25) is 0 Å². The minimum absolute atomic E-state index is 0.00813. The number of nitrogens with zero attached hydrogens (tertiary/aromatic N) is 2. The number of aromatic nitrogens is 2. The van der Waals surface area contributed by atoms with Gasteiger partial charge in [0.1, 0.15) is 17.4 Å². The molecule has 0 unspecified atom stereocenters. The molecule has 0 aliphatic heterocycles. The van der Waals surface area contributed by atoms with Gasteiger partial charge >= 0.3 is 6.01 Å². The molecule has 0 saturated heterocycles. The van der Waals surface area contributed by atoms with Crippen LogP contribution >= 0.6 is 0 Å². The zero-order valence-electron chi connectivity index (χ0n) is 12.6. The molecule has 3 aromatic rings. The molecule has 0 fully saturated rings. The molecule has 0 spiro atoms. The second-order valence-electron chi connectivity index (χ2n) is 4.83. The number of ether oxygens (including phenoxy) is 1. The van der Waals surface area contributed by atoms with Crippen LogP contribution in [0.4, 0.5) is 14.5 Å². The van der Waals surface area contributed by atoms with E-state index >= 15 is 0 Å². The molecular formula is C16H11F2N3O3S. The third kappa shape index (κ3) is 3.89. The van der Waals surface area contributed by atoms with Gasteiger partial charge in [-0.1, -0.05) is 24.3 Å². The van der Waals surface area contributed by atoms with E-state index in [1.54, 1.807) is 24.3 Å². The summed E-state index contributed by atoms with van der Waals surface area (Å²) in [6.45, 7) is 0. The Hall–Kier alpha value is -3.07. The average molecular weight is 363 g/mol. The maximum Gasteiger partial charge on any atom is 0.322 e. The van der Waals surface area contributed by atoms with Crippen molar-refractivity contribution in [3.05, 3.63) is 72.6 Å². The van der Waals surface area contributed by atoms with Gasteiger partial charge in [-0.2, -0.15) is 0 Å². The summed E-state index contributed by atoms with van der Waals surface area (Å²) in [5, 5.41) is 0. The maximum atomic E-state index is 13.6. The third-order valence-corrected chi connectivity index (χ3v) is 4.45. The fourth-order valence-electron chi connectivity index (χ4n) is 1.96. The summed E-state index contributed by atoms with van der Waals surface area (Å²) < 4.78 is 59.0. The summed E-state index contributed by atoms with van der Waals surface area (Å²) in [6.07, 6.45) is 2.25. The largest absolute Gasteiger partial charge is 0.424 e. The van der Waals surface area contributed by atoms with E-state index in [4.69, 9.17) is 4.74 Å². The molecule has 0 radical (unpaired) electrons. The smallest absolute Gasteiger partial charge is 0.322 e. The fraction of sp³-hybridized carbons (Fsp3) is 0. The van der Waals surface area contributed by atoms with Crippen molar-refractivity contribution in [2.75, 3.05) is 4.72 Å². The molecule has 9 heteroatoms. The highest BCUT2D eigenvalue weighted by Crippen LogP contribution is 2.22. The van der Waals surface area contributed by atoms with Gasteiger partial charge in [-0.3, -0.25) is 4.72 Å². The Morgan fingerprint density at radius 1 is 0.880 bits per heavy atom. The summed E-state index contributed by atoms with van der Waals surface area (Å²) in [4.78, 5) is 6.63. The van der Waals surface area contributed by atoms with Gasteiger partial charge in [-0.05, 0) is 24.3 Å². The zero-order chi connectivity index (χ0) is 17.9. The highest BCUT2D eigenvalue weighted by Gasteiger charge is 2.24. The van der Waals surface area contributed by atoms with Crippen molar-refractivity contribution in [3.8, 4) is 11.8 Å². The van der Waals surface area contributed by atoms with Gasteiger partial charge < -0.3 is 4.74 Å². The topological polar surface area (TPSA) is 81.2 Å². The number of anilines is 1. The Labute approximate surface area is 142 Å². The normalized spacial score (nSPS) is 11.1. The average Bonchev–Trinajstić information content (AvgIpc) is 2.57. The first kappa shape index (κ1) is 16.8. The fourth-order valence-corrected chi connectivity index (χ4v) is 3.13. The van der Waals surface area contributed by atoms with Crippen LogP contribution < -0.4 is 9.46 Å². The number of sulfonamides is 1. The number of hydrogen-bond donors (Lipinski definition) is 1. The Balaban J connectivity index is 1.79. The van der Waals surface area contributed by atoms with Crippen LogP contribution in [0.2, 0.25) is 0 Å². The van der Waals surface area contributed by atoms with Gasteiger partial charge in [0.05, 0.1) is 18.1 Å². The number of para-hydroxylation sites is 1. The molecular weight excluding hydrogens is 352 g/mol. The first-order valence-corrected chi connectivity index (χ1v) is 8.46. The molecule has 0 atom stereocenters. The van der Waals surface area contributed by atoms with Crippen LogP contribution in [0.25, 0.3) is 0 Å². The first-order valence-electron chi connectivity index (χ1n) is 6.97. The lowest BCUT2D eigenvalue weighted by Gasteiger charge is -2.09. The molecule has 1 heterocycles. The van der Waals surface area contributed by atoms with Crippen LogP contribution in [-0.4, -0.2) is 18.4 Å². The van der Waals surface area contributed by atoms with Crippen molar-refractivity contribution < 1.29 is 21.9 Å². The first-order chi connectivity index (χ1) is 12.0.